The summed E-state index contributed by atoms with van der Waals surface area (Å²) in [5.41, 5.74) is 3.36. The van der Waals surface area contributed by atoms with Gasteiger partial charge in [0.25, 0.3) is 0 Å². The zero-order chi connectivity index (χ0) is 18.4. The summed E-state index contributed by atoms with van der Waals surface area (Å²) in [6, 6.07) is 14.6. The second-order valence-corrected chi connectivity index (χ2v) is 5.81. The molecule has 0 saturated carbocycles. The second-order valence-electron chi connectivity index (χ2n) is 5.81. The molecular formula is C20H21N3O2. The first-order valence-electron chi connectivity index (χ1n) is 8.10. The summed E-state index contributed by atoms with van der Waals surface area (Å²) >= 11 is 0. The third-order valence-corrected chi connectivity index (χ3v) is 3.99. The molecule has 128 valence electrons. The summed E-state index contributed by atoms with van der Waals surface area (Å²) in [5.74, 6) is -0.263. The van der Waals surface area contributed by atoms with Gasteiger partial charge < -0.3 is 10.2 Å². The van der Waals surface area contributed by atoms with Gasteiger partial charge in [-0.3, -0.25) is 9.59 Å². The lowest BCUT2D eigenvalue weighted by Gasteiger charge is -2.21. The van der Waals surface area contributed by atoms with Crippen molar-refractivity contribution in [2.24, 2.45) is 0 Å². The van der Waals surface area contributed by atoms with Crippen LogP contribution >= 0.6 is 0 Å². The molecule has 1 N–H and O–H groups in total. The van der Waals surface area contributed by atoms with Crippen molar-refractivity contribution in [3.63, 3.8) is 0 Å². The summed E-state index contributed by atoms with van der Waals surface area (Å²) < 4.78 is 0. The fraction of sp³-hybridized carbons (Fsp3) is 0.250. The lowest BCUT2D eigenvalue weighted by Crippen LogP contribution is -2.31. The number of rotatable bonds is 6. The van der Waals surface area contributed by atoms with Gasteiger partial charge in [-0.25, -0.2) is 0 Å². The van der Waals surface area contributed by atoms with Crippen LogP contribution in [0.3, 0.4) is 0 Å². The number of benzene rings is 2. The highest BCUT2D eigenvalue weighted by molar-refractivity contribution is 5.97. The van der Waals surface area contributed by atoms with Gasteiger partial charge in [-0.15, -0.1) is 0 Å². The van der Waals surface area contributed by atoms with Gasteiger partial charge in [0.15, 0.2) is 5.78 Å². The normalized spacial score (nSPS) is 10.0. The third-order valence-electron chi connectivity index (χ3n) is 3.99. The van der Waals surface area contributed by atoms with Crippen LogP contribution in [-0.2, 0) is 11.2 Å². The molecule has 0 aliphatic carbocycles. The number of hydrogen-bond acceptors (Lipinski definition) is 4. The average Bonchev–Trinajstić information content (AvgIpc) is 2.61. The van der Waals surface area contributed by atoms with Crippen LogP contribution in [0.1, 0.15) is 35.3 Å². The Hall–Kier alpha value is -3.13. The molecule has 0 aliphatic rings. The number of carbonyl (C=O) groups is 2. The lowest BCUT2D eigenvalue weighted by atomic mass is 10.1. The van der Waals surface area contributed by atoms with Crippen molar-refractivity contribution in [1.29, 1.82) is 5.26 Å². The zero-order valence-corrected chi connectivity index (χ0v) is 14.7. The van der Waals surface area contributed by atoms with Crippen LogP contribution in [0.5, 0.6) is 0 Å². The number of aryl methyl sites for hydroxylation is 1. The summed E-state index contributed by atoms with van der Waals surface area (Å²) in [5, 5.41) is 12.2. The highest BCUT2D eigenvalue weighted by Crippen LogP contribution is 2.22. The van der Waals surface area contributed by atoms with E-state index in [1.165, 1.54) is 6.92 Å². The molecule has 0 radical (unpaired) electrons. The topological polar surface area (TPSA) is 73.2 Å². The van der Waals surface area contributed by atoms with E-state index in [-0.39, 0.29) is 18.2 Å². The monoisotopic (exact) mass is 335 g/mol. The van der Waals surface area contributed by atoms with E-state index >= 15 is 0 Å². The Kier molecular flexibility index (Phi) is 5.91. The molecule has 5 nitrogen and oxygen atoms in total. The minimum absolute atomic E-state index is 0.0775. The molecule has 5 heteroatoms. The molecule has 0 unspecified atom stereocenters. The molecular weight excluding hydrogens is 314 g/mol. The van der Waals surface area contributed by atoms with Gasteiger partial charge in [0.2, 0.25) is 5.91 Å². The van der Waals surface area contributed by atoms with E-state index in [1.807, 2.05) is 31.2 Å². The fourth-order valence-electron chi connectivity index (χ4n) is 2.60. The average molecular weight is 335 g/mol. The molecule has 25 heavy (non-hydrogen) atoms. The Morgan fingerprint density at radius 3 is 2.56 bits per heavy atom. The van der Waals surface area contributed by atoms with E-state index in [4.69, 9.17) is 0 Å². The van der Waals surface area contributed by atoms with Crippen LogP contribution in [-0.4, -0.2) is 25.3 Å². The van der Waals surface area contributed by atoms with Crippen molar-refractivity contribution in [2.75, 3.05) is 23.8 Å². The van der Waals surface area contributed by atoms with Gasteiger partial charge in [0.1, 0.15) is 6.07 Å². The number of amides is 1. The molecule has 0 saturated heterocycles. The van der Waals surface area contributed by atoms with E-state index < -0.39 is 0 Å². The van der Waals surface area contributed by atoms with Crippen molar-refractivity contribution in [2.45, 2.75) is 20.3 Å². The van der Waals surface area contributed by atoms with Crippen LogP contribution in [0.15, 0.2) is 42.5 Å². The number of para-hydroxylation sites is 1. The zero-order valence-electron chi connectivity index (χ0n) is 14.7. The maximum absolute atomic E-state index is 12.4. The molecule has 0 atom stereocenters. The van der Waals surface area contributed by atoms with Gasteiger partial charge in [0, 0.05) is 18.3 Å². The van der Waals surface area contributed by atoms with Crippen LogP contribution in [0, 0.1) is 11.3 Å². The van der Waals surface area contributed by atoms with Crippen molar-refractivity contribution in [3.05, 3.63) is 59.2 Å². The molecule has 0 aliphatic heterocycles. The molecule has 0 spiro atoms. The maximum Gasteiger partial charge on any atom is 0.243 e. The van der Waals surface area contributed by atoms with Crippen LogP contribution in [0.4, 0.5) is 11.4 Å². The Morgan fingerprint density at radius 1 is 1.20 bits per heavy atom. The van der Waals surface area contributed by atoms with Gasteiger partial charge >= 0.3 is 0 Å². The minimum atomic E-state index is -0.180. The summed E-state index contributed by atoms with van der Waals surface area (Å²) in [4.78, 5) is 25.6. The number of ketones is 1. The largest absolute Gasteiger partial charge is 0.364 e. The van der Waals surface area contributed by atoms with E-state index in [0.29, 0.717) is 16.8 Å². The lowest BCUT2D eigenvalue weighted by molar-refractivity contribution is -0.114. The molecule has 1 amide bonds. The highest BCUT2D eigenvalue weighted by atomic mass is 16.2. The SMILES string of the molecule is CCc1ccccc1NC(=O)CN(C)c1cc(C(C)=O)ccc1C#N. The van der Waals surface area contributed by atoms with Gasteiger partial charge in [-0.1, -0.05) is 25.1 Å². The quantitative estimate of drug-likeness (QED) is 0.821. The van der Waals surface area contributed by atoms with E-state index in [1.54, 1.807) is 30.1 Å². The van der Waals surface area contributed by atoms with Gasteiger partial charge in [-0.2, -0.15) is 5.26 Å². The van der Waals surface area contributed by atoms with Crippen molar-refractivity contribution < 1.29 is 9.59 Å². The molecule has 2 aromatic rings. The number of Topliss-reactive ketones (excluding diaryl/α,β-unsaturated/α-hetero) is 1. The smallest absolute Gasteiger partial charge is 0.243 e. The van der Waals surface area contributed by atoms with E-state index in [2.05, 4.69) is 11.4 Å². The standard InChI is InChI=1S/C20H21N3O2/c1-4-15-7-5-6-8-18(15)22-20(25)13-23(3)19-11-16(14(2)24)9-10-17(19)12-21/h5-11H,4,13H2,1-3H3,(H,22,25). The number of nitriles is 1. The summed E-state index contributed by atoms with van der Waals surface area (Å²) in [6.07, 6.45) is 0.825. The molecule has 0 aromatic heterocycles. The predicted octanol–water partition coefficient (Wildman–Crippen LogP) is 3.40. The first-order chi connectivity index (χ1) is 12.0. The molecule has 2 aromatic carbocycles. The van der Waals surface area contributed by atoms with Crippen molar-refractivity contribution >= 4 is 23.1 Å². The number of nitrogens with one attached hydrogen (secondary N) is 1. The van der Waals surface area contributed by atoms with Crippen LogP contribution < -0.4 is 10.2 Å². The predicted molar refractivity (Wildman–Crippen MR) is 98.9 cm³/mol. The van der Waals surface area contributed by atoms with E-state index in [0.717, 1.165) is 17.7 Å². The van der Waals surface area contributed by atoms with E-state index in [9.17, 15) is 14.9 Å². The number of nitrogens with zero attached hydrogens (tertiary/aromatic N) is 2. The Morgan fingerprint density at radius 2 is 1.92 bits per heavy atom. The summed E-state index contributed by atoms with van der Waals surface area (Å²) in [6.45, 7) is 3.58. The van der Waals surface area contributed by atoms with Crippen LogP contribution in [0.25, 0.3) is 0 Å². The number of hydrogen-bond donors (Lipinski definition) is 1. The first kappa shape index (κ1) is 18.2. The molecule has 0 heterocycles. The van der Waals surface area contributed by atoms with Crippen molar-refractivity contribution in [1.82, 2.24) is 0 Å². The number of carbonyl (C=O) groups excluding carboxylic acids is 2. The first-order valence-corrected chi connectivity index (χ1v) is 8.10. The van der Waals surface area contributed by atoms with Gasteiger partial charge in [0.05, 0.1) is 17.8 Å². The fourth-order valence-corrected chi connectivity index (χ4v) is 2.60. The maximum atomic E-state index is 12.4. The number of anilines is 2. The second kappa shape index (κ2) is 8.11. The highest BCUT2D eigenvalue weighted by Gasteiger charge is 2.14. The van der Waals surface area contributed by atoms with Crippen molar-refractivity contribution in [3.8, 4) is 6.07 Å². The molecule has 0 bridgehead atoms. The minimum Gasteiger partial charge on any atom is -0.364 e. The number of likely N-dealkylation sites (N-methyl/N-ethyl adjacent to an activating group) is 1. The van der Waals surface area contributed by atoms with Gasteiger partial charge in [-0.05, 0) is 43.2 Å². The Labute approximate surface area is 147 Å². The molecule has 2 rings (SSSR count). The summed E-state index contributed by atoms with van der Waals surface area (Å²) in [7, 11) is 1.73. The third kappa shape index (κ3) is 4.45. The Balaban J connectivity index is 2.17. The Bertz CT molecular complexity index is 837. The van der Waals surface area contributed by atoms with Crippen LogP contribution in [0.2, 0.25) is 0 Å². The molecule has 0 fully saturated rings.